The normalized spacial score (nSPS) is 32.4. The van der Waals surface area contributed by atoms with E-state index in [2.05, 4.69) is 18.7 Å². The van der Waals surface area contributed by atoms with E-state index in [-0.39, 0.29) is 29.7 Å². The number of benzene rings is 1. The fourth-order valence-electron chi connectivity index (χ4n) is 7.39. The molecule has 1 aliphatic heterocycles. The van der Waals surface area contributed by atoms with Crippen LogP contribution in [0.1, 0.15) is 74.0 Å². The zero-order valence-corrected chi connectivity index (χ0v) is 21.1. The summed E-state index contributed by atoms with van der Waals surface area (Å²) >= 11 is 0. The molecule has 1 aromatic carbocycles. The summed E-state index contributed by atoms with van der Waals surface area (Å²) in [6, 6.07) is 1.65. The van der Waals surface area contributed by atoms with Gasteiger partial charge in [-0.05, 0) is 74.1 Å². The lowest BCUT2D eigenvalue weighted by molar-refractivity contribution is -0.152. The van der Waals surface area contributed by atoms with E-state index in [0.29, 0.717) is 30.0 Å². The standard InChI is InChI=1S/C28H34N2O6/c1-12(2)11-30-6-4-5-18(30)16-10-20(33)24-17(25(16)29)8-14-7-15-9-19(32)21(13(3)31)26(34)23(15)27(35)22(14)28(24)36/h10,12,14-15,18,21-23,33H,4-9,11,29H2,1-3H3. The van der Waals surface area contributed by atoms with Crippen LogP contribution in [-0.4, -0.2) is 52.0 Å². The van der Waals surface area contributed by atoms with Gasteiger partial charge in [0.1, 0.15) is 17.5 Å². The third-order valence-electron chi connectivity index (χ3n) is 8.75. The Labute approximate surface area is 210 Å². The first kappa shape index (κ1) is 24.8. The van der Waals surface area contributed by atoms with Gasteiger partial charge in [-0.2, -0.15) is 0 Å². The van der Waals surface area contributed by atoms with Crippen LogP contribution in [0.3, 0.4) is 0 Å². The number of hydrogen-bond donors (Lipinski definition) is 2. The highest BCUT2D eigenvalue weighted by Crippen LogP contribution is 2.50. The molecule has 1 aromatic rings. The number of fused-ring (bicyclic) bond motifs is 3. The van der Waals surface area contributed by atoms with Gasteiger partial charge in [-0.15, -0.1) is 0 Å². The quantitative estimate of drug-likeness (QED) is 0.371. The van der Waals surface area contributed by atoms with Crippen molar-refractivity contribution in [3.8, 4) is 5.75 Å². The molecule has 3 fully saturated rings. The summed E-state index contributed by atoms with van der Waals surface area (Å²) in [4.78, 5) is 67.1. The van der Waals surface area contributed by atoms with Gasteiger partial charge in [0.15, 0.2) is 23.1 Å². The van der Waals surface area contributed by atoms with E-state index in [0.717, 1.165) is 31.5 Å². The maximum absolute atomic E-state index is 13.6. The predicted octanol–water partition coefficient (Wildman–Crippen LogP) is 2.69. The number of carbonyl (C=O) groups excluding carboxylic acids is 5. The Morgan fingerprint density at radius 3 is 2.47 bits per heavy atom. The molecule has 8 nitrogen and oxygen atoms in total. The predicted molar refractivity (Wildman–Crippen MR) is 131 cm³/mol. The molecule has 6 unspecified atom stereocenters. The Balaban J connectivity index is 1.51. The van der Waals surface area contributed by atoms with Crippen molar-refractivity contribution >= 4 is 34.6 Å². The van der Waals surface area contributed by atoms with Gasteiger partial charge in [0.2, 0.25) is 0 Å². The average molecular weight is 495 g/mol. The van der Waals surface area contributed by atoms with Crippen LogP contribution in [0.4, 0.5) is 5.69 Å². The fourth-order valence-corrected chi connectivity index (χ4v) is 7.39. The van der Waals surface area contributed by atoms with Crippen LogP contribution in [-0.2, 0) is 25.6 Å². The van der Waals surface area contributed by atoms with Crippen LogP contribution in [0.25, 0.3) is 0 Å². The number of nitrogens with zero attached hydrogens (tertiary/aromatic N) is 1. The van der Waals surface area contributed by atoms with Crippen LogP contribution in [0.5, 0.6) is 5.75 Å². The van der Waals surface area contributed by atoms with Crippen molar-refractivity contribution in [1.82, 2.24) is 4.90 Å². The molecule has 192 valence electrons. The number of nitrogens with two attached hydrogens (primary N) is 1. The summed E-state index contributed by atoms with van der Waals surface area (Å²) in [5.41, 5.74) is 8.65. The number of nitrogen functional groups attached to an aromatic ring is 1. The van der Waals surface area contributed by atoms with Crippen molar-refractivity contribution in [3.63, 3.8) is 0 Å². The van der Waals surface area contributed by atoms with Gasteiger partial charge >= 0.3 is 0 Å². The van der Waals surface area contributed by atoms with Crippen LogP contribution in [0.15, 0.2) is 6.07 Å². The molecule has 0 aromatic heterocycles. The number of ketones is 5. The SMILES string of the molecule is CC(=O)C1C(=O)CC2CC3Cc4c(N)c(C5CCCN5CC(C)C)cc(O)c4C(=O)C3C(=O)C2C1=O. The first-order valence-corrected chi connectivity index (χ1v) is 13.0. The fraction of sp³-hybridized carbons (Fsp3) is 0.607. The Morgan fingerprint density at radius 1 is 1.11 bits per heavy atom. The van der Waals surface area contributed by atoms with Gasteiger partial charge in [0.05, 0.1) is 17.4 Å². The monoisotopic (exact) mass is 494 g/mol. The van der Waals surface area contributed by atoms with Crippen molar-refractivity contribution < 1.29 is 29.1 Å². The molecule has 8 heteroatoms. The number of phenolic OH excluding ortho intramolecular Hbond substituents is 1. The maximum atomic E-state index is 13.6. The summed E-state index contributed by atoms with van der Waals surface area (Å²) in [7, 11) is 0. The first-order valence-electron chi connectivity index (χ1n) is 13.0. The molecule has 3 N–H and O–H groups in total. The second kappa shape index (κ2) is 8.91. The first-order chi connectivity index (χ1) is 17.0. The van der Waals surface area contributed by atoms with Gasteiger partial charge in [0, 0.05) is 24.7 Å². The zero-order valence-electron chi connectivity index (χ0n) is 21.1. The third kappa shape index (κ3) is 3.72. The highest BCUT2D eigenvalue weighted by molar-refractivity contribution is 6.28. The van der Waals surface area contributed by atoms with Crippen LogP contribution in [0, 0.1) is 35.5 Å². The topological polar surface area (TPSA) is 135 Å². The van der Waals surface area contributed by atoms with E-state index >= 15 is 0 Å². The third-order valence-corrected chi connectivity index (χ3v) is 8.75. The average Bonchev–Trinajstić information content (AvgIpc) is 3.22. The molecule has 0 radical (unpaired) electrons. The molecule has 3 aliphatic carbocycles. The van der Waals surface area contributed by atoms with E-state index in [1.165, 1.54) is 6.92 Å². The molecule has 0 bridgehead atoms. The lowest BCUT2D eigenvalue weighted by Gasteiger charge is -2.44. The minimum atomic E-state index is -1.41. The number of carbonyl (C=O) groups is 5. The number of phenols is 1. The van der Waals surface area contributed by atoms with Crippen molar-refractivity contribution in [1.29, 1.82) is 0 Å². The summed E-state index contributed by atoms with van der Waals surface area (Å²) in [5, 5.41) is 11.0. The molecule has 36 heavy (non-hydrogen) atoms. The number of anilines is 1. The Morgan fingerprint density at radius 2 is 1.81 bits per heavy atom. The molecule has 1 heterocycles. The largest absolute Gasteiger partial charge is 0.507 e. The van der Waals surface area contributed by atoms with Crippen molar-refractivity contribution in [3.05, 3.63) is 22.8 Å². The Hall–Kier alpha value is -2.87. The molecular weight excluding hydrogens is 460 g/mol. The lowest BCUT2D eigenvalue weighted by atomic mass is 9.55. The number of likely N-dealkylation sites (tertiary alicyclic amines) is 1. The minimum Gasteiger partial charge on any atom is -0.507 e. The number of hydrogen-bond acceptors (Lipinski definition) is 8. The summed E-state index contributed by atoms with van der Waals surface area (Å²) in [6.45, 7) is 7.37. The minimum absolute atomic E-state index is 0.0102. The second-order valence-corrected chi connectivity index (χ2v) is 11.6. The highest BCUT2D eigenvalue weighted by atomic mass is 16.3. The molecule has 2 saturated carbocycles. The summed E-state index contributed by atoms with van der Waals surface area (Å²) in [6.07, 6.45) is 2.63. The van der Waals surface area contributed by atoms with E-state index in [4.69, 9.17) is 5.73 Å². The molecular formula is C28H34N2O6. The van der Waals surface area contributed by atoms with E-state index in [1.807, 2.05) is 0 Å². The van der Waals surface area contributed by atoms with E-state index < -0.39 is 52.6 Å². The van der Waals surface area contributed by atoms with Gasteiger partial charge in [-0.3, -0.25) is 28.9 Å². The van der Waals surface area contributed by atoms with Crippen LogP contribution in [0.2, 0.25) is 0 Å². The molecule has 4 aliphatic rings. The summed E-state index contributed by atoms with van der Waals surface area (Å²) in [5.74, 6) is -6.87. The smallest absolute Gasteiger partial charge is 0.177 e. The van der Waals surface area contributed by atoms with E-state index in [9.17, 15) is 29.1 Å². The number of aromatic hydroxyl groups is 1. The molecule has 1 saturated heterocycles. The second-order valence-electron chi connectivity index (χ2n) is 11.6. The lowest BCUT2D eigenvalue weighted by Crippen LogP contribution is -2.55. The van der Waals surface area contributed by atoms with Crippen molar-refractivity contribution in [2.75, 3.05) is 18.8 Å². The molecule has 0 spiro atoms. The summed E-state index contributed by atoms with van der Waals surface area (Å²) < 4.78 is 0. The van der Waals surface area contributed by atoms with E-state index in [1.54, 1.807) is 6.07 Å². The Bertz CT molecular complexity index is 1190. The van der Waals surface area contributed by atoms with Crippen molar-refractivity contribution in [2.45, 2.75) is 58.9 Å². The highest BCUT2D eigenvalue weighted by Gasteiger charge is 2.57. The molecule has 0 amide bonds. The van der Waals surface area contributed by atoms with Crippen LogP contribution >= 0.6 is 0 Å². The molecule has 5 rings (SSSR count). The number of Topliss-reactive ketones (excluding diaryl/α,β-unsaturated/α-hetero) is 5. The maximum Gasteiger partial charge on any atom is 0.177 e. The van der Waals surface area contributed by atoms with Crippen LogP contribution < -0.4 is 5.73 Å². The zero-order chi connectivity index (χ0) is 26.0. The molecule has 6 atom stereocenters. The van der Waals surface area contributed by atoms with Gasteiger partial charge in [-0.1, -0.05) is 13.8 Å². The Kier molecular flexibility index (Phi) is 6.14. The van der Waals surface area contributed by atoms with Gasteiger partial charge < -0.3 is 10.8 Å². The van der Waals surface area contributed by atoms with Gasteiger partial charge in [0.25, 0.3) is 0 Å². The van der Waals surface area contributed by atoms with Crippen molar-refractivity contribution in [2.24, 2.45) is 35.5 Å². The van der Waals surface area contributed by atoms with Gasteiger partial charge in [-0.25, -0.2) is 0 Å². The number of rotatable bonds is 4.